The van der Waals surface area contributed by atoms with Gasteiger partial charge in [0.25, 0.3) is 15.9 Å². The van der Waals surface area contributed by atoms with E-state index < -0.39 is 10.0 Å². The summed E-state index contributed by atoms with van der Waals surface area (Å²) in [6, 6.07) is 13.6. The van der Waals surface area contributed by atoms with Crippen molar-refractivity contribution in [3.05, 3.63) is 53.4 Å². The number of ether oxygens (including phenoxy) is 1. The Morgan fingerprint density at radius 2 is 1.83 bits per heavy atom. The predicted octanol–water partition coefficient (Wildman–Crippen LogP) is 4.66. The van der Waals surface area contributed by atoms with Crippen molar-refractivity contribution in [3.8, 4) is 5.75 Å². The first kappa shape index (κ1) is 22.1. The van der Waals surface area contributed by atoms with Crippen LogP contribution < -0.4 is 14.4 Å². The van der Waals surface area contributed by atoms with E-state index in [9.17, 15) is 13.2 Å². The van der Waals surface area contributed by atoms with Crippen LogP contribution in [0.25, 0.3) is 10.1 Å². The smallest absolute Gasteiger partial charge is 0.264 e. The molecule has 8 heteroatoms. The van der Waals surface area contributed by atoms with Gasteiger partial charge in [-0.3, -0.25) is 9.10 Å². The van der Waals surface area contributed by atoms with Crippen molar-refractivity contribution in [2.24, 2.45) is 0 Å². The number of amides is 1. The molecule has 1 amide bonds. The van der Waals surface area contributed by atoms with Crippen LogP contribution in [0.2, 0.25) is 0 Å². The second kappa shape index (κ2) is 9.49. The minimum atomic E-state index is -3.72. The number of fused-ring (bicyclic) bond motifs is 1. The van der Waals surface area contributed by atoms with Crippen molar-refractivity contribution < 1.29 is 17.9 Å². The Kier molecular flexibility index (Phi) is 6.99. The monoisotopic (exact) mass is 446 g/mol. The number of nitrogens with one attached hydrogen (secondary N) is 1. The maximum Gasteiger partial charge on any atom is 0.264 e. The van der Waals surface area contributed by atoms with Crippen molar-refractivity contribution in [1.29, 1.82) is 0 Å². The molecule has 3 aromatic rings. The molecule has 0 spiro atoms. The molecule has 1 aromatic heterocycles. The molecule has 0 fully saturated rings. The third-order valence-electron chi connectivity index (χ3n) is 4.76. The molecule has 2 aromatic carbocycles. The fourth-order valence-electron chi connectivity index (χ4n) is 3.13. The molecule has 1 heterocycles. The summed E-state index contributed by atoms with van der Waals surface area (Å²) < 4.78 is 33.8. The number of carbonyl (C=O) groups is 1. The van der Waals surface area contributed by atoms with Crippen LogP contribution in [0.5, 0.6) is 5.75 Å². The zero-order chi connectivity index (χ0) is 21.7. The van der Waals surface area contributed by atoms with E-state index in [0.717, 1.165) is 22.9 Å². The van der Waals surface area contributed by atoms with E-state index in [1.54, 1.807) is 37.3 Å². The summed E-state index contributed by atoms with van der Waals surface area (Å²) in [6.45, 7) is 4.81. The Morgan fingerprint density at radius 1 is 1.10 bits per heavy atom. The molecule has 0 saturated heterocycles. The summed E-state index contributed by atoms with van der Waals surface area (Å²) in [4.78, 5) is 13.2. The summed E-state index contributed by atoms with van der Waals surface area (Å²) in [5, 5.41) is 3.77. The van der Waals surface area contributed by atoms with Gasteiger partial charge in [-0.1, -0.05) is 13.3 Å². The van der Waals surface area contributed by atoms with Crippen molar-refractivity contribution in [3.63, 3.8) is 0 Å². The van der Waals surface area contributed by atoms with Crippen molar-refractivity contribution in [2.75, 3.05) is 24.5 Å². The summed E-state index contributed by atoms with van der Waals surface area (Å²) in [6.07, 6.45) is 1.96. The zero-order valence-corrected chi connectivity index (χ0v) is 19.0. The van der Waals surface area contributed by atoms with Crippen LogP contribution in [0.4, 0.5) is 5.69 Å². The predicted molar refractivity (Wildman–Crippen MR) is 122 cm³/mol. The van der Waals surface area contributed by atoms with Gasteiger partial charge in [-0.25, -0.2) is 8.42 Å². The number of nitrogens with zero attached hydrogens (tertiary/aromatic N) is 1. The largest absolute Gasteiger partial charge is 0.497 e. The third-order valence-corrected chi connectivity index (χ3v) is 7.79. The lowest BCUT2D eigenvalue weighted by Crippen LogP contribution is -2.30. The molecule has 1 N–H and O–H groups in total. The van der Waals surface area contributed by atoms with Crippen LogP contribution in [0.3, 0.4) is 0 Å². The van der Waals surface area contributed by atoms with E-state index in [4.69, 9.17) is 4.74 Å². The molecule has 30 heavy (non-hydrogen) atoms. The SMILES string of the molecule is CCCCNC(=O)c1cc2cc(N(CC)S(=O)(=O)c3ccc(OC)cc3)ccc2s1. The molecule has 0 radical (unpaired) electrons. The lowest BCUT2D eigenvalue weighted by molar-refractivity contribution is 0.0957. The summed E-state index contributed by atoms with van der Waals surface area (Å²) in [5.74, 6) is 0.505. The van der Waals surface area contributed by atoms with Gasteiger partial charge >= 0.3 is 0 Å². The van der Waals surface area contributed by atoms with E-state index >= 15 is 0 Å². The minimum Gasteiger partial charge on any atom is -0.497 e. The van der Waals surface area contributed by atoms with Gasteiger partial charge in [0.1, 0.15) is 5.75 Å². The molecular formula is C22H26N2O4S2. The average molecular weight is 447 g/mol. The number of hydrogen-bond donors (Lipinski definition) is 1. The number of rotatable bonds is 9. The number of methoxy groups -OCH3 is 1. The highest BCUT2D eigenvalue weighted by Crippen LogP contribution is 2.32. The van der Waals surface area contributed by atoms with Gasteiger partial charge in [-0.05, 0) is 67.3 Å². The highest BCUT2D eigenvalue weighted by atomic mass is 32.2. The van der Waals surface area contributed by atoms with Crippen LogP contribution in [-0.4, -0.2) is 34.5 Å². The van der Waals surface area contributed by atoms with Gasteiger partial charge in [0.2, 0.25) is 0 Å². The molecule has 0 aliphatic rings. The van der Waals surface area contributed by atoms with Crippen LogP contribution in [0.15, 0.2) is 53.4 Å². The van der Waals surface area contributed by atoms with E-state index in [1.165, 1.54) is 22.8 Å². The van der Waals surface area contributed by atoms with Crippen molar-refractivity contribution in [2.45, 2.75) is 31.6 Å². The Hall–Kier alpha value is -2.58. The number of sulfonamides is 1. The molecule has 0 atom stereocenters. The summed E-state index contributed by atoms with van der Waals surface area (Å²) in [7, 11) is -2.18. The Labute approximate surface area is 181 Å². The Bertz CT molecular complexity index is 1120. The van der Waals surface area contributed by atoms with E-state index in [-0.39, 0.29) is 17.3 Å². The highest BCUT2D eigenvalue weighted by molar-refractivity contribution is 7.92. The van der Waals surface area contributed by atoms with Gasteiger partial charge in [-0.2, -0.15) is 0 Å². The molecular weight excluding hydrogens is 420 g/mol. The fraction of sp³-hybridized carbons (Fsp3) is 0.318. The number of hydrogen-bond acceptors (Lipinski definition) is 5. The van der Waals surface area contributed by atoms with Crippen LogP contribution >= 0.6 is 11.3 Å². The van der Waals surface area contributed by atoms with Gasteiger partial charge in [-0.15, -0.1) is 11.3 Å². The number of carbonyl (C=O) groups excluding carboxylic acids is 1. The number of thiophene rings is 1. The van der Waals surface area contributed by atoms with Gasteiger partial charge < -0.3 is 10.1 Å². The van der Waals surface area contributed by atoms with E-state index in [0.29, 0.717) is 22.9 Å². The van der Waals surface area contributed by atoms with Crippen LogP contribution in [0.1, 0.15) is 36.4 Å². The second-order valence-electron chi connectivity index (χ2n) is 6.79. The van der Waals surface area contributed by atoms with Crippen molar-refractivity contribution >= 4 is 43.0 Å². The topological polar surface area (TPSA) is 75.7 Å². The minimum absolute atomic E-state index is 0.0931. The molecule has 3 rings (SSSR count). The maximum absolute atomic E-state index is 13.2. The average Bonchev–Trinajstić information content (AvgIpc) is 3.18. The Balaban J connectivity index is 1.90. The van der Waals surface area contributed by atoms with Gasteiger partial charge in [0.05, 0.1) is 22.6 Å². The van der Waals surface area contributed by atoms with E-state index in [1.807, 2.05) is 18.2 Å². The first-order valence-electron chi connectivity index (χ1n) is 9.89. The van der Waals surface area contributed by atoms with E-state index in [2.05, 4.69) is 12.2 Å². The first-order valence-corrected chi connectivity index (χ1v) is 12.1. The van der Waals surface area contributed by atoms with Crippen LogP contribution in [0, 0.1) is 0 Å². The lowest BCUT2D eigenvalue weighted by atomic mass is 10.2. The lowest BCUT2D eigenvalue weighted by Gasteiger charge is -2.23. The molecule has 0 saturated carbocycles. The summed E-state index contributed by atoms with van der Waals surface area (Å²) >= 11 is 1.41. The molecule has 0 aliphatic heterocycles. The quantitative estimate of drug-likeness (QED) is 0.485. The zero-order valence-electron chi connectivity index (χ0n) is 17.3. The number of anilines is 1. The van der Waals surface area contributed by atoms with Gasteiger partial charge in [0.15, 0.2) is 0 Å². The molecule has 6 nitrogen and oxygen atoms in total. The normalized spacial score (nSPS) is 11.4. The molecule has 0 unspecified atom stereocenters. The van der Waals surface area contributed by atoms with Crippen LogP contribution in [-0.2, 0) is 10.0 Å². The molecule has 160 valence electrons. The molecule has 0 aliphatic carbocycles. The second-order valence-corrected chi connectivity index (χ2v) is 9.73. The number of benzene rings is 2. The standard InChI is InChI=1S/C22H26N2O4S2/c1-4-6-13-23-22(25)21-15-16-14-17(7-12-20(16)29-21)24(5-2)30(26,27)19-10-8-18(28-3)9-11-19/h7-12,14-15H,4-6,13H2,1-3H3,(H,23,25). The van der Waals surface area contributed by atoms with Gasteiger partial charge in [0, 0.05) is 17.8 Å². The maximum atomic E-state index is 13.2. The molecule has 0 bridgehead atoms. The summed E-state index contributed by atoms with van der Waals surface area (Å²) in [5.41, 5.74) is 0.566. The van der Waals surface area contributed by atoms with Crippen molar-refractivity contribution in [1.82, 2.24) is 5.32 Å². The first-order chi connectivity index (χ1) is 14.4. The third kappa shape index (κ3) is 4.60. The Morgan fingerprint density at radius 3 is 2.47 bits per heavy atom. The number of unbranched alkanes of at least 4 members (excludes halogenated alkanes) is 1. The highest BCUT2D eigenvalue weighted by Gasteiger charge is 2.24. The fourth-order valence-corrected chi connectivity index (χ4v) is 5.55.